The Morgan fingerprint density at radius 3 is 2.76 bits per heavy atom. The molecule has 0 bridgehead atoms. The first kappa shape index (κ1) is 18.6. The molecule has 1 N–H and O–H groups in total. The van der Waals surface area contributed by atoms with Gasteiger partial charge < -0.3 is 19.3 Å². The quantitative estimate of drug-likeness (QED) is 0.701. The molecule has 0 spiro atoms. The molecule has 1 heterocycles. The van der Waals surface area contributed by atoms with Crippen molar-refractivity contribution in [2.24, 2.45) is 0 Å². The lowest BCUT2D eigenvalue weighted by molar-refractivity contribution is -0.143. The number of benzene rings is 1. The fraction of sp³-hybridized carbons (Fsp3) is 0.444. The average Bonchev–Trinajstić information content (AvgIpc) is 2.97. The van der Waals surface area contributed by atoms with Crippen molar-refractivity contribution in [3.05, 3.63) is 35.5 Å². The number of carbonyl (C=O) groups excluding carboxylic acids is 1. The highest BCUT2D eigenvalue weighted by molar-refractivity contribution is 5.69. The van der Waals surface area contributed by atoms with Gasteiger partial charge in [0.05, 0.1) is 26.9 Å². The summed E-state index contributed by atoms with van der Waals surface area (Å²) in [7, 11) is 1.51. The minimum Gasteiger partial charge on any atom is -0.504 e. The first-order valence-corrected chi connectivity index (χ1v) is 8.28. The molecule has 2 rings (SSSR count). The van der Waals surface area contributed by atoms with E-state index in [0.29, 0.717) is 37.8 Å². The molecule has 0 saturated carbocycles. The van der Waals surface area contributed by atoms with E-state index in [9.17, 15) is 9.90 Å². The Hall–Kier alpha value is -2.70. The zero-order valence-corrected chi connectivity index (χ0v) is 14.8. The van der Waals surface area contributed by atoms with Crippen LogP contribution in [0.15, 0.2) is 24.4 Å². The molecule has 2 aromatic rings. The van der Waals surface area contributed by atoms with Crippen molar-refractivity contribution in [1.82, 2.24) is 9.78 Å². The number of methoxy groups -OCH3 is 1. The molecule has 7 nitrogen and oxygen atoms in total. The lowest BCUT2D eigenvalue weighted by atomic mass is 10.2. The topological polar surface area (TPSA) is 82.8 Å². The van der Waals surface area contributed by atoms with Gasteiger partial charge in [0.15, 0.2) is 11.5 Å². The van der Waals surface area contributed by atoms with E-state index in [1.165, 1.54) is 7.11 Å². The van der Waals surface area contributed by atoms with E-state index >= 15 is 0 Å². The molecule has 0 amide bonds. The molecule has 7 heteroatoms. The van der Waals surface area contributed by atoms with E-state index < -0.39 is 0 Å². The van der Waals surface area contributed by atoms with E-state index in [1.54, 1.807) is 29.8 Å². The molecule has 0 aliphatic heterocycles. The minimum atomic E-state index is -0.235. The first-order chi connectivity index (χ1) is 12.1. The van der Waals surface area contributed by atoms with Gasteiger partial charge in [-0.25, -0.2) is 0 Å². The van der Waals surface area contributed by atoms with Crippen LogP contribution >= 0.6 is 0 Å². The summed E-state index contributed by atoms with van der Waals surface area (Å²) in [6.07, 6.45) is 2.66. The fourth-order valence-electron chi connectivity index (χ4n) is 2.43. The summed E-state index contributed by atoms with van der Waals surface area (Å²) in [6.45, 7) is 5.04. The number of carbonyl (C=O) groups is 1. The van der Waals surface area contributed by atoms with E-state index in [1.807, 2.05) is 13.1 Å². The van der Waals surface area contributed by atoms with E-state index in [-0.39, 0.29) is 18.1 Å². The number of nitrogens with zero attached hydrogens (tertiary/aromatic N) is 2. The molecule has 1 aromatic carbocycles. The minimum absolute atomic E-state index is 0.0943. The molecular weight excluding hydrogens is 324 g/mol. The molecule has 0 unspecified atom stereocenters. The summed E-state index contributed by atoms with van der Waals surface area (Å²) in [5.41, 5.74) is 1.79. The highest BCUT2D eigenvalue weighted by atomic mass is 16.5. The highest BCUT2D eigenvalue weighted by Crippen LogP contribution is 2.27. The van der Waals surface area contributed by atoms with Crippen LogP contribution in [0.4, 0.5) is 0 Å². The molecule has 1 aromatic heterocycles. The third-order valence-electron chi connectivity index (χ3n) is 3.57. The van der Waals surface area contributed by atoms with Gasteiger partial charge in [0.25, 0.3) is 0 Å². The smallest absolute Gasteiger partial charge is 0.306 e. The molecular formula is C18H24N2O5. The van der Waals surface area contributed by atoms with Crippen molar-refractivity contribution in [2.75, 3.05) is 20.3 Å². The van der Waals surface area contributed by atoms with Gasteiger partial charge in [0.1, 0.15) is 0 Å². The Balaban J connectivity index is 2.13. The lowest BCUT2D eigenvalue weighted by Crippen LogP contribution is -2.05. The molecule has 0 atom stereocenters. The Bertz CT molecular complexity index is 711. The number of aromatic hydroxyl groups is 1. The molecule has 0 fully saturated rings. The number of aryl methyl sites for hydroxylation is 1. The van der Waals surface area contributed by atoms with Crippen LogP contribution in [0.5, 0.6) is 17.4 Å². The third-order valence-corrected chi connectivity index (χ3v) is 3.57. The van der Waals surface area contributed by atoms with Crippen LogP contribution in [-0.4, -0.2) is 41.2 Å². The summed E-state index contributed by atoms with van der Waals surface area (Å²) in [6, 6.07) is 5.15. The number of aromatic nitrogens is 2. The van der Waals surface area contributed by atoms with Crippen molar-refractivity contribution >= 4 is 5.97 Å². The van der Waals surface area contributed by atoms with E-state index in [2.05, 4.69) is 5.10 Å². The first-order valence-electron chi connectivity index (χ1n) is 8.28. The second-order valence-electron chi connectivity index (χ2n) is 5.40. The highest BCUT2D eigenvalue weighted by Gasteiger charge is 2.13. The molecule has 25 heavy (non-hydrogen) atoms. The lowest BCUT2D eigenvalue weighted by Gasteiger charge is -2.06. The van der Waals surface area contributed by atoms with Gasteiger partial charge in [-0.3, -0.25) is 9.48 Å². The number of hydrogen-bond donors (Lipinski definition) is 1. The monoisotopic (exact) mass is 348 g/mol. The van der Waals surface area contributed by atoms with Crippen molar-refractivity contribution in [3.63, 3.8) is 0 Å². The van der Waals surface area contributed by atoms with Crippen LogP contribution in [0.25, 0.3) is 0 Å². The zero-order valence-electron chi connectivity index (χ0n) is 14.8. The summed E-state index contributed by atoms with van der Waals surface area (Å²) < 4.78 is 17.4. The maximum absolute atomic E-state index is 11.6. The average molecular weight is 348 g/mol. The maximum atomic E-state index is 11.6. The van der Waals surface area contributed by atoms with Crippen LogP contribution in [0.2, 0.25) is 0 Å². The van der Waals surface area contributed by atoms with Crippen LogP contribution in [-0.2, 0) is 22.5 Å². The summed E-state index contributed by atoms with van der Waals surface area (Å²) in [5, 5.41) is 14.1. The van der Waals surface area contributed by atoms with Crippen LogP contribution in [0, 0.1) is 0 Å². The SMILES string of the molecule is CCOC(=O)CCc1cn(Cc2ccc(O)c(OC)c2)nc1OCC. The number of phenols is 1. The van der Waals surface area contributed by atoms with Gasteiger partial charge in [-0.15, -0.1) is 5.10 Å². The van der Waals surface area contributed by atoms with Crippen LogP contribution in [0.1, 0.15) is 31.4 Å². The number of ether oxygens (including phenoxy) is 3. The number of hydrogen-bond acceptors (Lipinski definition) is 6. The Morgan fingerprint density at radius 1 is 1.28 bits per heavy atom. The molecule has 0 aliphatic carbocycles. The fourth-order valence-corrected chi connectivity index (χ4v) is 2.43. The van der Waals surface area contributed by atoms with Gasteiger partial charge in [0.2, 0.25) is 5.88 Å². The van der Waals surface area contributed by atoms with Crippen molar-refractivity contribution < 1.29 is 24.1 Å². The summed E-state index contributed by atoms with van der Waals surface area (Å²) in [5.74, 6) is 0.799. The number of rotatable bonds is 9. The Morgan fingerprint density at radius 2 is 2.08 bits per heavy atom. The van der Waals surface area contributed by atoms with Crippen molar-refractivity contribution in [1.29, 1.82) is 0 Å². The Kier molecular flexibility index (Phi) is 6.68. The molecule has 0 radical (unpaired) electrons. The number of phenolic OH excluding ortho intramolecular Hbond substituents is 1. The predicted octanol–water partition coefficient (Wildman–Crippen LogP) is 2.54. The van der Waals surface area contributed by atoms with Crippen molar-refractivity contribution in [2.45, 2.75) is 33.2 Å². The van der Waals surface area contributed by atoms with Gasteiger partial charge in [-0.2, -0.15) is 0 Å². The molecule has 136 valence electrons. The standard InChI is InChI=1S/C18H24N2O5/c1-4-24-17(22)9-7-14-12-20(19-18(14)25-5-2)11-13-6-8-15(21)16(10-13)23-3/h6,8,10,12,21H,4-5,7,9,11H2,1-3H3. The molecule has 0 saturated heterocycles. The van der Waals surface area contributed by atoms with Gasteiger partial charge in [0, 0.05) is 18.2 Å². The summed E-state index contributed by atoms with van der Waals surface area (Å²) in [4.78, 5) is 11.6. The second-order valence-corrected chi connectivity index (χ2v) is 5.40. The summed E-state index contributed by atoms with van der Waals surface area (Å²) >= 11 is 0. The van der Waals surface area contributed by atoms with E-state index in [0.717, 1.165) is 11.1 Å². The molecule has 0 aliphatic rings. The van der Waals surface area contributed by atoms with Gasteiger partial charge in [-0.1, -0.05) is 6.07 Å². The second kappa shape index (κ2) is 8.96. The normalized spacial score (nSPS) is 10.5. The predicted molar refractivity (Wildman–Crippen MR) is 92.1 cm³/mol. The maximum Gasteiger partial charge on any atom is 0.306 e. The largest absolute Gasteiger partial charge is 0.504 e. The van der Waals surface area contributed by atoms with Crippen LogP contribution in [0.3, 0.4) is 0 Å². The van der Waals surface area contributed by atoms with Gasteiger partial charge >= 0.3 is 5.97 Å². The Labute approximate surface area is 147 Å². The van der Waals surface area contributed by atoms with Gasteiger partial charge in [-0.05, 0) is 38.0 Å². The van der Waals surface area contributed by atoms with E-state index in [4.69, 9.17) is 14.2 Å². The zero-order chi connectivity index (χ0) is 18.2. The number of esters is 1. The van der Waals surface area contributed by atoms with Crippen molar-refractivity contribution in [3.8, 4) is 17.4 Å². The third kappa shape index (κ3) is 5.14. The van der Waals surface area contributed by atoms with Crippen LogP contribution < -0.4 is 9.47 Å².